The molecule has 0 aliphatic heterocycles. The molecule has 7 rings (SSSR count). The van der Waals surface area contributed by atoms with Crippen molar-refractivity contribution in [2.45, 2.75) is 26.2 Å². The first-order valence-electron chi connectivity index (χ1n) is 13.0. The fourth-order valence-electron chi connectivity index (χ4n) is 5.24. The molecule has 5 nitrogen and oxygen atoms in total. The van der Waals surface area contributed by atoms with Crippen molar-refractivity contribution in [3.63, 3.8) is 0 Å². The summed E-state index contributed by atoms with van der Waals surface area (Å²) < 4.78 is 8.35. The average Bonchev–Trinajstić information content (AvgIpc) is 3.27. The van der Waals surface area contributed by atoms with Crippen molar-refractivity contribution in [2.75, 3.05) is 0 Å². The van der Waals surface area contributed by atoms with E-state index in [2.05, 4.69) is 66.7 Å². The van der Waals surface area contributed by atoms with E-state index in [-0.39, 0.29) is 32.2 Å². The first-order chi connectivity index (χ1) is 18.9. The van der Waals surface area contributed by atoms with Crippen LogP contribution < -0.4 is 4.74 Å². The van der Waals surface area contributed by atoms with Crippen LogP contribution in [-0.4, -0.2) is 19.6 Å². The molecule has 40 heavy (non-hydrogen) atoms. The van der Waals surface area contributed by atoms with Gasteiger partial charge in [0, 0.05) is 55.4 Å². The van der Waals surface area contributed by atoms with Gasteiger partial charge in [0.2, 0.25) is 5.88 Å². The van der Waals surface area contributed by atoms with Crippen LogP contribution >= 0.6 is 0 Å². The van der Waals surface area contributed by atoms with Crippen LogP contribution in [0.3, 0.4) is 0 Å². The van der Waals surface area contributed by atoms with Crippen molar-refractivity contribution < 1.29 is 30.9 Å². The Bertz CT molecular complexity index is 2060. The number of fused-ring (bicyclic) bond motifs is 5. The topological polar surface area (TPSA) is 60.2 Å². The van der Waals surface area contributed by atoms with Crippen molar-refractivity contribution in [1.29, 1.82) is 0 Å². The molecule has 0 radical (unpaired) electrons. The zero-order chi connectivity index (χ0) is 26.7. The van der Waals surface area contributed by atoms with Gasteiger partial charge in [0.25, 0.3) is 0 Å². The monoisotopic (exact) mass is 703 g/mol. The second-order valence-corrected chi connectivity index (χ2v) is 10.9. The molecule has 4 aromatic carbocycles. The number of phenolic OH excluding ortho intramolecular Hbond substituents is 1. The third kappa shape index (κ3) is 4.31. The molecule has 0 atom stereocenters. The van der Waals surface area contributed by atoms with Crippen molar-refractivity contribution in [3.8, 4) is 23.2 Å². The number of rotatable bonds is 3. The van der Waals surface area contributed by atoms with Gasteiger partial charge in [-0.25, -0.2) is 9.97 Å². The van der Waals surface area contributed by atoms with Crippen molar-refractivity contribution >= 4 is 43.5 Å². The van der Waals surface area contributed by atoms with E-state index in [1.165, 1.54) is 5.56 Å². The van der Waals surface area contributed by atoms with E-state index in [0.717, 1.165) is 43.8 Å². The number of aromatic hydroxyl groups is 1. The Kier molecular flexibility index (Phi) is 6.35. The summed E-state index contributed by atoms with van der Waals surface area (Å²) in [6.07, 6.45) is 1.87. The maximum atomic E-state index is 10.9. The molecular weight excluding hydrogens is 677 g/mol. The van der Waals surface area contributed by atoms with E-state index in [1.807, 2.05) is 66.9 Å². The molecule has 7 aromatic rings. The molecule has 0 bridgehead atoms. The van der Waals surface area contributed by atoms with Gasteiger partial charge in [0.05, 0.1) is 0 Å². The van der Waals surface area contributed by atoms with Crippen LogP contribution in [0.5, 0.6) is 17.4 Å². The summed E-state index contributed by atoms with van der Waals surface area (Å²) in [5.74, 6) is 1.91. The third-order valence-corrected chi connectivity index (χ3v) is 7.26. The molecule has 1 N–H and O–H groups in total. The van der Waals surface area contributed by atoms with Crippen molar-refractivity contribution in [1.82, 2.24) is 14.5 Å². The van der Waals surface area contributed by atoms with Gasteiger partial charge in [-0.1, -0.05) is 68.8 Å². The van der Waals surface area contributed by atoms with Gasteiger partial charge < -0.3 is 14.4 Å². The summed E-state index contributed by atoms with van der Waals surface area (Å²) in [6.45, 7) is 6.60. The van der Waals surface area contributed by atoms with Crippen LogP contribution in [0, 0.1) is 6.07 Å². The number of pyridine rings is 2. The number of ether oxygens (including phenoxy) is 1. The maximum absolute atomic E-state index is 10.9. The fourth-order valence-corrected chi connectivity index (χ4v) is 5.24. The van der Waals surface area contributed by atoms with Gasteiger partial charge in [-0.05, 0) is 52.1 Å². The number of hydrogen-bond acceptors (Lipinski definition) is 4. The van der Waals surface area contributed by atoms with E-state index < -0.39 is 0 Å². The number of phenols is 1. The minimum Gasteiger partial charge on any atom is -0.505 e. The molecule has 6 heteroatoms. The standard InChI is InChI=1S/C34H26N3O2.Pt/c1-34(2,3)23-16-17-35-30(19-23)37-28-11-7-6-10-26(28)27-14-13-24(20-29(27)37)39-31-15-12-22-18-21-8-4-5-9-25(21)33(38)32(22)36-31;/h4-19,38H,1-3H3;/q-1;. The van der Waals surface area contributed by atoms with E-state index in [1.54, 1.807) is 0 Å². The summed E-state index contributed by atoms with van der Waals surface area (Å²) in [4.78, 5) is 9.39. The van der Waals surface area contributed by atoms with Gasteiger partial charge in [-0.15, -0.1) is 17.5 Å². The summed E-state index contributed by atoms with van der Waals surface area (Å²) >= 11 is 0. The Morgan fingerprint density at radius 1 is 0.800 bits per heavy atom. The Balaban J connectivity index is 0.00000289. The van der Waals surface area contributed by atoms with E-state index in [4.69, 9.17) is 9.72 Å². The molecule has 0 aliphatic carbocycles. The van der Waals surface area contributed by atoms with Crippen LogP contribution in [0.2, 0.25) is 0 Å². The van der Waals surface area contributed by atoms with E-state index in [9.17, 15) is 5.11 Å². The number of hydrogen-bond donors (Lipinski definition) is 1. The number of para-hydroxylation sites is 1. The SMILES string of the molecule is CC(C)(C)c1ccnc(-n2c3[c-]c(Oc4ccc5cc6ccccc6c(O)c5n4)ccc3c3ccccc32)c1.[Pt]. The fraction of sp³-hybridized carbons (Fsp3) is 0.118. The molecule has 0 saturated heterocycles. The number of benzene rings is 4. The van der Waals surface area contributed by atoms with Crippen LogP contribution in [0.15, 0.2) is 97.2 Å². The second kappa shape index (κ2) is 9.76. The Morgan fingerprint density at radius 3 is 2.40 bits per heavy atom. The Labute approximate surface area is 246 Å². The molecule has 0 spiro atoms. The van der Waals surface area contributed by atoms with Crippen LogP contribution in [0.4, 0.5) is 0 Å². The summed E-state index contributed by atoms with van der Waals surface area (Å²) in [5.41, 5.74) is 3.64. The van der Waals surface area contributed by atoms with Gasteiger partial charge in [-0.2, -0.15) is 6.07 Å². The average molecular weight is 704 g/mol. The minimum atomic E-state index is -0.00687. The van der Waals surface area contributed by atoms with Crippen LogP contribution in [0.25, 0.3) is 49.3 Å². The largest absolute Gasteiger partial charge is 0.505 e. The van der Waals surface area contributed by atoms with Crippen molar-refractivity contribution in [3.05, 3.63) is 109 Å². The molecule has 3 aromatic heterocycles. The first kappa shape index (κ1) is 26.0. The zero-order valence-electron chi connectivity index (χ0n) is 22.3. The van der Waals surface area contributed by atoms with Gasteiger partial charge in [0.15, 0.2) is 0 Å². The van der Waals surface area contributed by atoms with Crippen LogP contribution in [0.1, 0.15) is 26.3 Å². The molecule has 0 fully saturated rings. The Morgan fingerprint density at radius 2 is 1.57 bits per heavy atom. The molecule has 0 unspecified atom stereocenters. The molecule has 0 saturated carbocycles. The summed E-state index contributed by atoms with van der Waals surface area (Å²) in [5, 5.41) is 15.7. The maximum Gasteiger partial charge on any atom is 0.217 e. The normalized spacial score (nSPS) is 11.8. The Hall–Kier alpha value is -4.21. The van der Waals surface area contributed by atoms with Gasteiger partial charge in [-0.3, -0.25) is 0 Å². The smallest absolute Gasteiger partial charge is 0.217 e. The minimum absolute atomic E-state index is 0. The molecule has 0 amide bonds. The van der Waals surface area contributed by atoms with Crippen molar-refractivity contribution in [2.24, 2.45) is 0 Å². The second-order valence-electron chi connectivity index (χ2n) is 10.9. The third-order valence-electron chi connectivity index (χ3n) is 7.26. The van der Waals surface area contributed by atoms with Gasteiger partial charge >= 0.3 is 0 Å². The first-order valence-corrected chi connectivity index (χ1v) is 13.0. The van der Waals surface area contributed by atoms with E-state index >= 15 is 0 Å². The quantitative estimate of drug-likeness (QED) is 0.148. The zero-order valence-corrected chi connectivity index (χ0v) is 24.5. The van der Waals surface area contributed by atoms with E-state index in [0.29, 0.717) is 17.1 Å². The predicted molar refractivity (Wildman–Crippen MR) is 157 cm³/mol. The summed E-state index contributed by atoms with van der Waals surface area (Å²) in [6, 6.07) is 33.5. The van der Waals surface area contributed by atoms with Gasteiger partial charge in [0.1, 0.15) is 17.1 Å². The predicted octanol–water partition coefficient (Wildman–Crippen LogP) is 8.47. The number of aromatic nitrogens is 3. The van der Waals surface area contributed by atoms with Crippen LogP contribution in [-0.2, 0) is 26.5 Å². The number of nitrogens with zero attached hydrogens (tertiary/aromatic N) is 3. The molecule has 3 heterocycles. The molecule has 0 aliphatic rings. The molecule has 200 valence electrons. The molecular formula is C34H26N3O2Pt-. The summed E-state index contributed by atoms with van der Waals surface area (Å²) in [7, 11) is 0.